The number of hydrogen-bond acceptors (Lipinski definition) is 8. The Morgan fingerprint density at radius 3 is 1.37 bits per heavy atom. The zero-order valence-corrected chi connectivity index (χ0v) is 40.5. The van der Waals surface area contributed by atoms with Gasteiger partial charge < -0.3 is 33.3 Å². The summed E-state index contributed by atoms with van der Waals surface area (Å²) in [4.78, 5) is 37.0. The summed E-state index contributed by atoms with van der Waals surface area (Å²) in [6.45, 7) is 4.61. The number of nitrogens with zero attached hydrogens (tertiary/aromatic N) is 1. The second-order valence-electron chi connectivity index (χ2n) is 17.7. The van der Waals surface area contributed by atoms with Crippen molar-refractivity contribution >= 4 is 17.9 Å². The number of quaternary nitrogens is 1. The van der Waals surface area contributed by atoms with Gasteiger partial charge in [0, 0.05) is 12.8 Å². The van der Waals surface area contributed by atoms with Crippen molar-refractivity contribution in [2.75, 3.05) is 47.5 Å². The van der Waals surface area contributed by atoms with Crippen molar-refractivity contribution in [1.82, 2.24) is 0 Å². The van der Waals surface area contributed by atoms with E-state index >= 15 is 0 Å². The van der Waals surface area contributed by atoms with Crippen LogP contribution in [0, 0.1) is 0 Å². The summed E-state index contributed by atoms with van der Waals surface area (Å²) < 4.78 is 22.6. The van der Waals surface area contributed by atoms with E-state index in [2.05, 4.69) is 74.6 Å². The lowest BCUT2D eigenvalue weighted by molar-refractivity contribution is -0.870. The predicted molar refractivity (Wildman–Crippen MR) is 255 cm³/mol. The molecule has 0 saturated heterocycles. The van der Waals surface area contributed by atoms with E-state index < -0.39 is 24.3 Å². The van der Waals surface area contributed by atoms with Crippen LogP contribution < -0.4 is 5.11 Å². The highest BCUT2D eigenvalue weighted by Gasteiger charge is 2.21. The summed E-state index contributed by atoms with van der Waals surface area (Å²) in [6, 6.07) is 0. The monoisotopic (exact) mass is 872 g/mol. The zero-order chi connectivity index (χ0) is 45.6. The first-order chi connectivity index (χ1) is 30.1. The van der Waals surface area contributed by atoms with Crippen LogP contribution in [0.5, 0.6) is 0 Å². The zero-order valence-electron chi connectivity index (χ0n) is 40.5. The summed E-state index contributed by atoms with van der Waals surface area (Å²) >= 11 is 0. The molecule has 0 aromatic heterocycles. The summed E-state index contributed by atoms with van der Waals surface area (Å²) in [5.74, 6) is -2.29. The van der Waals surface area contributed by atoms with Crippen molar-refractivity contribution in [3.8, 4) is 0 Å². The van der Waals surface area contributed by atoms with Crippen molar-refractivity contribution in [3.63, 3.8) is 0 Å². The first kappa shape index (κ1) is 59.0. The molecule has 9 nitrogen and oxygen atoms in total. The van der Waals surface area contributed by atoms with Gasteiger partial charge in [0.25, 0.3) is 0 Å². The van der Waals surface area contributed by atoms with Crippen LogP contribution >= 0.6 is 0 Å². The number of esters is 2. The van der Waals surface area contributed by atoms with E-state index in [0.717, 1.165) is 77.0 Å². The molecule has 0 aromatic rings. The van der Waals surface area contributed by atoms with Crippen molar-refractivity contribution in [1.29, 1.82) is 0 Å². The van der Waals surface area contributed by atoms with E-state index in [1.807, 2.05) is 21.1 Å². The molecule has 62 heavy (non-hydrogen) atoms. The third kappa shape index (κ3) is 45.0. The second kappa shape index (κ2) is 44.6. The number of carboxylic acids is 1. The first-order valence-corrected chi connectivity index (χ1v) is 24.9. The molecular weight excluding hydrogens is 779 g/mol. The summed E-state index contributed by atoms with van der Waals surface area (Å²) in [7, 11) is 5.91. The molecule has 0 spiro atoms. The number of allylic oxidation sites excluding steroid dienone is 10. The van der Waals surface area contributed by atoms with Crippen LogP contribution in [0.3, 0.4) is 0 Å². The number of carboxylic acid groups (broad SMARTS) is 1. The van der Waals surface area contributed by atoms with Crippen molar-refractivity contribution in [2.24, 2.45) is 0 Å². The highest BCUT2D eigenvalue weighted by molar-refractivity contribution is 5.70. The van der Waals surface area contributed by atoms with Gasteiger partial charge in [-0.05, 0) is 57.8 Å². The highest BCUT2D eigenvalue weighted by atomic mass is 16.7. The number of carbonyl (C=O) groups is 3. The minimum Gasteiger partial charge on any atom is -0.545 e. The Kier molecular flexibility index (Phi) is 42.4. The largest absolute Gasteiger partial charge is 0.545 e. The Morgan fingerprint density at radius 1 is 0.500 bits per heavy atom. The fraction of sp³-hybridized carbons (Fsp3) is 0.755. The molecule has 358 valence electrons. The fourth-order valence-corrected chi connectivity index (χ4v) is 6.68. The Morgan fingerprint density at radius 2 is 0.919 bits per heavy atom. The summed E-state index contributed by atoms with van der Waals surface area (Å²) in [5, 5.41) is 11.7. The average molecular weight is 872 g/mol. The molecule has 0 saturated carbocycles. The van der Waals surface area contributed by atoms with Crippen LogP contribution in [0.1, 0.15) is 200 Å². The van der Waals surface area contributed by atoms with Gasteiger partial charge in [-0.2, -0.15) is 0 Å². The predicted octanol–water partition coefficient (Wildman–Crippen LogP) is 12.4. The molecule has 0 aliphatic rings. The maximum Gasteiger partial charge on any atom is 0.306 e. The van der Waals surface area contributed by atoms with E-state index in [1.165, 1.54) is 89.9 Å². The summed E-state index contributed by atoms with van der Waals surface area (Å²) in [6.07, 6.45) is 51.2. The molecule has 0 aliphatic carbocycles. The van der Waals surface area contributed by atoms with Crippen molar-refractivity contribution in [3.05, 3.63) is 60.8 Å². The van der Waals surface area contributed by atoms with E-state index in [0.29, 0.717) is 23.9 Å². The lowest BCUT2D eigenvalue weighted by Gasteiger charge is -2.26. The quantitative estimate of drug-likeness (QED) is 0.0196. The van der Waals surface area contributed by atoms with Crippen molar-refractivity contribution < 1.29 is 42.9 Å². The Hall–Kier alpha value is -3.01. The van der Waals surface area contributed by atoms with Gasteiger partial charge in [0.15, 0.2) is 12.4 Å². The Bertz CT molecular complexity index is 1200. The number of rotatable bonds is 45. The number of hydrogen-bond donors (Lipinski definition) is 0. The molecule has 0 rings (SSSR count). The molecule has 0 aromatic carbocycles. The second-order valence-corrected chi connectivity index (χ2v) is 17.7. The van der Waals surface area contributed by atoms with Gasteiger partial charge >= 0.3 is 11.9 Å². The third-order valence-electron chi connectivity index (χ3n) is 10.5. The molecule has 2 unspecified atom stereocenters. The normalized spacial score (nSPS) is 13.4. The molecule has 9 heteroatoms. The lowest BCUT2D eigenvalue weighted by Crippen LogP contribution is -2.44. The Labute approximate surface area is 380 Å². The minimum atomic E-state index is -1.62. The standard InChI is InChI=1S/C53H93NO8/c1-6-8-10-12-14-16-18-19-20-21-22-23-24-25-26-27-28-29-30-31-32-33-34-36-38-40-42-44-51(56)62-49(48-61-53(52(57)58)59-46-45-54(3,4)5)47-60-50(55)43-41-39-37-35-17-15-13-11-9-7-2/h8,10,14,16,19-20,22-23,25-26,49,53H,6-7,9,11-13,15,17-18,21,24,27-48H2,1-5H3/b10-8-,16-14-,20-19-,23-22-,26-25-. The number of likely N-dealkylation sites (N-methyl/N-ethyl adjacent to an activating group) is 1. The summed E-state index contributed by atoms with van der Waals surface area (Å²) in [5.41, 5.74) is 0. The number of carbonyl (C=O) groups excluding carboxylic acids is 3. The van der Waals surface area contributed by atoms with E-state index in [1.54, 1.807) is 0 Å². The van der Waals surface area contributed by atoms with E-state index in [9.17, 15) is 19.5 Å². The average Bonchev–Trinajstić information content (AvgIpc) is 3.23. The van der Waals surface area contributed by atoms with Gasteiger partial charge in [-0.3, -0.25) is 9.59 Å². The number of unbranched alkanes of at least 4 members (excludes halogenated alkanes) is 20. The molecule has 2 atom stereocenters. The van der Waals surface area contributed by atoms with E-state index in [-0.39, 0.29) is 32.2 Å². The topological polar surface area (TPSA) is 111 Å². The first-order valence-electron chi connectivity index (χ1n) is 24.9. The van der Waals surface area contributed by atoms with Gasteiger partial charge in [-0.15, -0.1) is 0 Å². The maximum atomic E-state index is 12.8. The van der Waals surface area contributed by atoms with Crippen LogP contribution in [-0.2, 0) is 33.3 Å². The Balaban J connectivity index is 4.23. The van der Waals surface area contributed by atoms with Crippen LogP contribution in [0.15, 0.2) is 60.8 Å². The third-order valence-corrected chi connectivity index (χ3v) is 10.5. The number of aliphatic carboxylic acids is 1. The van der Waals surface area contributed by atoms with Crippen LogP contribution in [-0.4, -0.2) is 82.3 Å². The lowest BCUT2D eigenvalue weighted by atomic mass is 10.0. The minimum absolute atomic E-state index is 0.146. The molecule has 0 amide bonds. The molecule has 0 aliphatic heterocycles. The molecule has 0 N–H and O–H groups in total. The van der Waals surface area contributed by atoms with Crippen LogP contribution in [0.25, 0.3) is 0 Å². The maximum absolute atomic E-state index is 12.8. The van der Waals surface area contributed by atoms with Gasteiger partial charge in [0.2, 0.25) is 0 Å². The SMILES string of the molecule is CC/C=C\C/C=C\C/C=C\C/C=C\C/C=C\CCCCCCCCCCCCCC(=O)OC(COC(=O)CCCCCCCCCCCC)COC(OCC[N+](C)(C)C)C(=O)[O-]. The molecule has 0 bridgehead atoms. The van der Waals surface area contributed by atoms with E-state index in [4.69, 9.17) is 18.9 Å². The highest BCUT2D eigenvalue weighted by Crippen LogP contribution is 2.15. The fourth-order valence-electron chi connectivity index (χ4n) is 6.68. The molecule has 0 heterocycles. The van der Waals surface area contributed by atoms with Crippen LogP contribution in [0.2, 0.25) is 0 Å². The van der Waals surface area contributed by atoms with Gasteiger partial charge in [-0.25, -0.2) is 0 Å². The smallest absolute Gasteiger partial charge is 0.306 e. The molecular formula is C53H93NO8. The van der Waals surface area contributed by atoms with Gasteiger partial charge in [-0.1, -0.05) is 190 Å². The van der Waals surface area contributed by atoms with Crippen LogP contribution in [0.4, 0.5) is 0 Å². The number of ether oxygens (including phenoxy) is 4. The van der Waals surface area contributed by atoms with Crippen molar-refractivity contribution in [2.45, 2.75) is 212 Å². The molecule has 0 radical (unpaired) electrons. The van der Waals surface area contributed by atoms with Gasteiger partial charge in [0.05, 0.1) is 40.3 Å². The molecule has 0 fully saturated rings. The van der Waals surface area contributed by atoms with Gasteiger partial charge in [0.1, 0.15) is 13.2 Å².